The van der Waals surface area contributed by atoms with Gasteiger partial charge in [-0.3, -0.25) is 19.6 Å². The molecular weight excluding hydrogens is 342 g/mol. The SMILES string of the molecule is Cc1nn(CCCC(=O)Nc2nc3ccccc3s2)c(C)c1[N+](=O)[O-]. The molecule has 0 atom stereocenters. The zero-order valence-corrected chi connectivity index (χ0v) is 14.7. The summed E-state index contributed by atoms with van der Waals surface area (Å²) in [5.41, 5.74) is 1.80. The molecule has 0 aliphatic rings. The summed E-state index contributed by atoms with van der Waals surface area (Å²) in [4.78, 5) is 27.0. The maximum Gasteiger partial charge on any atom is 0.312 e. The maximum atomic E-state index is 12.1. The third-order valence-corrected chi connectivity index (χ3v) is 4.79. The lowest BCUT2D eigenvalue weighted by atomic mass is 10.3. The molecule has 0 bridgehead atoms. The van der Waals surface area contributed by atoms with Crippen molar-refractivity contribution in [3.8, 4) is 0 Å². The van der Waals surface area contributed by atoms with Crippen LogP contribution in [0, 0.1) is 24.0 Å². The highest BCUT2D eigenvalue weighted by atomic mass is 32.1. The van der Waals surface area contributed by atoms with E-state index in [9.17, 15) is 14.9 Å². The number of benzene rings is 1. The van der Waals surface area contributed by atoms with Crippen LogP contribution in [0.15, 0.2) is 24.3 Å². The normalized spacial score (nSPS) is 11.0. The molecule has 1 amide bonds. The number of carbonyl (C=O) groups excluding carboxylic acids is 1. The molecule has 0 aliphatic carbocycles. The number of anilines is 1. The van der Waals surface area contributed by atoms with Gasteiger partial charge in [0.15, 0.2) is 5.13 Å². The highest BCUT2D eigenvalue weighted by Crippen LogP contribution is 2.25. The van der Waals surface area contributed by atoms with Gasteiger partial charge < -0.3 is 5.32 Å². The third-order valence-electron chi connectivity index (χ3n) is 3.84. The lowest BCUT2D eigenvalue weighted by Crippen LogP contribution is -2.13. The van der Waals surface area contributed by atoms with Crippen molar-refractivity contribution in [3.63, 3.8) is 0 Å². The Kier molecular flexibility index (Phi) is 4.75. The fourth-order valence-electron chi connectivity index (χ4n) is 2.67. The summed E-state index contributed by atoms with van der Waals surface area (Å²) in [7, 11) is 0. The predicted octanol–water partition coefficient (Wildman–Crippen LogP) is 3.44. The third kappa shape index (κ3) is 3.66. The largest absolute Gasteiger partial charge is 0.312 e. The summed E-state index contributed by atoms with van der Waals surface area (Å²) in [5, 5.41) is 18.5. The number of nitrogens with zero attached hydrogens (tertiary/aromatic N) is 4. The van der Waals surface area contributed by atoms with Gasteiger partial charge in [-0.1, -0.05) is 23.5 Å². The minimum absolute atomic E-state index is 0.0407. The predicted molar refractivity (Wildman–Crippen MR) is 95.8 cm³/mol. The Hall–Kier alpha value is -2.81. The maximum absolute atomic E-state index is 12.1. The van der Waals surface area contributed by atoms with E-state index < -0.39 is 4.92 Å². The lowest BCUT2D eigenvalue weighted by Gasteiger charge is -2.04. The van der Waals surface area contributed by atoms with Gasteiger partial charge in [0.05, 0.1) is 15.1 Å². The molecule has 0 saturated carbocycles. The lowest BCUT2D eigenvalue weighted by molar-refractivity contribution is -0.386. The monoisotopic (exact) mass is 359 g/mol. The van der Waals surface area contributed by atoms with Crippen molar-refractivity contribution in [3.05, 3.63) is 45.8 Å². The fourth-order valence-corrected chi connectivity index (χ4v) is 3.55. The molecule has 0 unspecified atom stereocenters. The fraction of sp³-hybridized carbons (Fsp3) is 0.312. The summed E-state index contributed by atoms with van der Waals surface area (Å²) in [5.74, 6) is -0.130. The van der Waals surface area contributed by atoms with Crippen LogP contribution in [0.3, 0.4) is 0 Å². The van der Waals surface area contributed by atoms with E-state index in [1.54, 1.807) is 18.5 Å². The Bertz CT molecular complexity index is 914. The van der Waals surface area contributed by atoms with E-state index in [0.29, 0.717) is 35.9 Å². The molecule has 0 fully saturated rings. The van der Waals surface area contributed by atoms with Gasteiger partial charge in [0.1, 0.15) is 11.4 Å². The Morgan fingerprint density at radius 3 is 2.80 bits per heavy atom. The molecule has 8 nitrogen and oxygen atoms in total. The van der Waals surface area contributed by atoms with E-state index in [-0.39, 0.29) is 11.6 Å². The average Bonchev–Trinajstić information content (AvgIpc) is 3.07. The number of rotatable bonds is 6. The second kappa shape index (κ2) is 6.98. The summed E-state index contributed by atoms with van der Waals surface area (Å²) in [6.07, 6.45) is 0.831. The molecule has 0 spiro atoms. The van der Waals surface area contributed by atoms with E-state index in [4.69, 9.17) is 0 Å². The number of hydrogen-bond donors (Lipinski definition) is 1. The Balaban J connectivity index is 1.56. The summed E-state index contributed by atoms with van der Waals surface area (Å²) in [6.45, 7) is 3.73. The number of nitro groups is 1. The van der Waals surface area contributed by atoms with Gasteiger partial charge in [-0.15, -0.1) is 0 Å². The number of thiazole rings is 1. The highest BCUT2D eigenvalue weighted by Gasteiger charge is 2.21. The first-order valence-corrected chi connectivity index (χ1v) is 8.61. The van der Waals surface area contributed by atoms with E-state index in [2.05, 4.69) is 15.4 Å². The minimum atomic E-state index is -0.423. The summed E-state index contributed by atoms with van der Waals surface area (Å²) < 4.78 is 2.60. The van der Waals surface area contributed by atoms with Crippen LogP contribution in [0.4, 0.5) is 10.8 Å². The standard InChI is InChI=1S/C16H17N5O3S/c1-10-15(21(23)24)11(2)20(19-10)9-5-8-14(22)18-16-17-12-6-3-4-7-13(12)25-16/h3-4,6-7H,5,8-9H2,1-2H3,(H,17,18,22). The number of hydrogen-bond acceptors (Lipinski definition) is 6. The average molecular weight is 359 g/mol. The van der Waals surface area contributed by atoms with Crippen molar-refractivity contribution in [2.45, 2.75) is 33.2 Å². The minimum Gasteiger partial charge on any atom is -0.302 e. The second-order valence-corrected chi connectivity index (χ2v) is 6.67. The molecule has 2 heterocycles. The van der Waals surface area contributed by atoms with Gasteiger partial charge in [0.25, 0.3) is 0 Å². The molecule has 130 valence electrons. The molecule has 0 radical (unpaired) electrons. The van der Waals surface area contributed by atoms with Crippen molar-refractivity contribution in [1.82, 2.24) is 14.8 Å². The smallest absolute Gasteiger partial charge is 0.302 e. The molecule has 3 rings (SSSR count). The van der Waals surface area contributed by atoms with Gasteiger partial charge in [0, 0.05) is 13.0 Å². The van der Waals surface area contributed by atoms with E-state index in [1.807, 2.05) is 24.3 Å². The molecule has 2 aromatic heterocycles. The van der Waals surface area contributed by atoms with Crippen LogP contribution in [0.1, 0.15) is 24.2 Å². The van der Waals surface area contributed by atoms with Gasteiger partial charge in [-0.05, 0) is 32.4 Å². The Morgan fingerprint density at radius 2 is 2.12 bits per heavy atom. The number of aromatic nitrogens is 3. The van der Waals surface area contributed by atoms with Crippen molar-refractivity contribution < 1.29 is 9.72 Å². The molecular formula is C16H17N5O3S. The van der Waals surface area contributed by atoms with Crippen LogP contribution in [0.2, 0.25) is 0 Å². The van der Waals surface area contributed by atoms with Crippen molar-refractivity contribution in [2.75, 3.05) is 5.32 Å². The van der Waals surface area contributed by atoms with Crippen LogP contribution < -0.4 is 5.32 Å². The van der Waals surface area contributed by atoms with Crippen LogP contribution in [-0.4, -0.2) is 25.6 Å². The zero-order chi connectivity index (χ0) is 18.0. The van der Waals surface area contributed by atoms with Crippen molar-refractivity contribution in [2.24, 2.45) is 0 Å². The zero-order valence-electron chi connectivity index (χ0n) is 13.9. The molecule has 0 aliphatic heterocycles. The van der Waals surface area contributed by atoms with Gasteiger partial charge in [-0.2, -0.15) is 5.10 Å². The summed E-state index contributed by atoms with van der Waals surface area (Å²) >= 11 is 1.43. The van der Waals surface area contributed by atoms with E-state index in [1.165, 1.54) is 11.3 Å². The van der Waals surface area contributed by atoms with Crippen LogP contribution in [0.25, 0.3) is 10.2 Å². The first-order chi connectivity index (χ1) is 12.0. The van der Waals surface area contributed by atoms with Crippen molar-refractivity contribution >= 4 is 38.3 Å². The van der Waals surface area contributed by atoms with Gasteiger partial charge >= 0.3 is 5.69 Å². The van der Waals surface area contributed by atoms with Crippen molar-refractivity contribution in [1.29, 1.82) is 0 Å². The Morgan fingerprint density at radius 1 is 1.36 bits per heavy atom. The molecule has 3 aromatic rings. The number of carbonyl (C=O) groups is 1. The van der Waals surface area contributed by atoms with Crippen LogP contribution in [0.5, 0.6) is 0 Å². The topological polar surface area (TPSA) is 103 Å². The summed E-state index contributed by atoms with van der Waals surface area (Å²) in [6, 6.07) is 7.69. The molecule has 0 saturated heterocycles. The number of para-hydroxylation sites is 1. The van der Waals surface area contributed by atoms with Crippen LogP contribution >= 0.6 is 11.3 Å². The Labute approximate surface area is 147 Å². The quantitative estimate of drug-likeness (QED) is 0.536. The second-order valence-electron chi connectivity index (χ2n) is 5.64. The first kappa shape index (κ1) is 17.0. The molecule has 1 N–H and O–H groups in total. The van der Waals surface area contributed by atoms with Gasteiger partial charge in [0.2, 0.25) is 5.91 Å². The molecule has 1 aromatic carbocycles. The molecule has 25 heavy (non-hydrogen) atoms. The molecule has 9 heteroatoms. The number of aryl methyl sites for hydroxylation is 2. The van der Waals surface area contributed by atoms with Crippen LogP contribution in [-0.2, 0) is 11.3 Å². The number of nitrogens with one attached hydrogen (secondary N) is 1. The van der Waals surface area contributed by atoms with E-state index in [0.717, 1.165) is 10.2 Å². The highest BCUT2D eigenvalue weighted by molar-refractivity contribution is 7.22. The number of amides is 1. The first-order valence-electron chi connectivity index (χ1n) is 7.79. The van der Waals surface area contributed by atoms with E-state index >= 15 is 0 Å². The van der Waals surface area contributed by atoms with Gasteiger partial charge in [-0.25, -0.2) is 4.98 Å². The number of fused-ring (bicyclic) bond motifs is 1.